The number of nitrogens with one attached hydrogen (secondary N) is 2. The normalized spacial score (nSPS) is 10.6. The zero-order valence-electron chi connectivity index (χ0n) is 8.13. The quantitative estimate of drug-likeness (QED) is 0.535. The van der Waals surface area contributed by atoms with Crippen molar-refractivity contribution in [3.05, 3.63) is 5.82 Å². The molecule has 1 rings (SSSR count). The summed E-state index contributed by atoms with van der Waals surface area (Å²) in [6, 6.07) is 0. The van der Waals surface area contributed by atoms with E-state index in [1.165, 1.54) is 0 Å². The molecule has 4 nitrogen and oxygen atoms in total. The Morgan fingerprint density at radius 1 is 1.54 bits per heavy atom. The van der Waals surface area contributed by atoms with Crippen LogP contribution in [0, 0.1) is 6.92 Å². The standard InChI is InChI=1S/C8H16N4S/c1-3-9-5-4-6-13-8-10-7(2)11-12-8/h9H,3-6H2,1-2H3,(H,10,11,12). The first-order valence-electron chi connectivity index (χ1n) is 4.55. The van der Waals surface area contributed by atoms with Crippen LogP contribution >= 0.6 is 11.8 Å². The van der Waals surface area contributed by atoms with E-state index in [-0.39, 0.29) is 0 Å². The summed E-state index contributed by atoms with van der Waals surface area (Å²) in [4.78, 5) is 4.20. The average molecular weight is 200 g/mol. The number of hydrogen-bond acceptors (Lipinski definition) is 4. The van der Waals surface area contributed by atoms with Gasteiger partial charge in [0.1, 0.15) is 5.82 Å². The van der Waals surface area contributed by atoms with Crippen molar-refractivity contribution in [2.75, 3.05) is 18.8 Å². The predicted octanol–water partition coefficient (Wildman–Crippen LogP) is 1.20. The number of rotatable bonds is 6. The topological polar surface area (TPSA) is 53.6 Å². The van der Waals surface area contributed by atoms with E-state index >= 15 is 0 Å². The van der Waals surface area contributed by atoms with Crippen molar-refractivity contribution in [1.29, 1.82) is 0 Å². The Bertz CT molecular complexity index is 236. The summed E-state index contributed by atoms with van der Waals surface area (Å²) in [7, 11) is 0. The maximum atomic E-state index is 4.20. The van der Waals surface area contributed by atoms with Crippen LogP contribution in [0.4, 0.5) is 0 Å². The monoisotopic (exact) mass is 200 g/mol. The number of aryl methyl sites for hydroxylation is 1. The van der Waals surface area contributed by atoms with Gasteiger partial charge >= 0.3 is 0 Å². The molecule has 1 aromatic heterocycles. The molecule has 0 aliphatic carbocycles. The van der Waals surface area contributed by atoms with Gasteiger partial charge in [-0.25, -0.2) is 4.98 Å². The van der Waals surface area contributed by atoms with Crippen LogP contribution in [0.5, 0.6) is 0 Å². The fraction of sp³-hybridized carbons (Fsp3) is 0.750. The highest BCUT2D eigenvalue weighted by atomic mass is 32.2. The minimum Gasteiger partial charge on any atom is -0.317 e. The largest absolute Gasteiger partial charge is 0.317 e. The minimum absolute atomic E-state index is 0.856. The van der Waals surface area contributed by atoms with E-state index in [0.29, 0.717) is 0 Å². The summed E-state index contributed by atoms with van der Waals surface area (Å²) in [6.07, 6.45) is 1.16. The van der Waals surface area contributed by atoms with Gasteiger partial charge in [0.15, 0.2) is 0 Å². The molecular formula is C8H16N4S. The van der Waals surface area contributed by atoms with Gasteiger partial charge in [-0.2, -0.15) is 0 Å². The molecule has 0 unspecified atom stereocenters. The molecule has 0 bridgehead atoms. The molecule has 2 N–H and O–H groups in total. The third-order valence-corrected chi connectivity index (χ3v) is 2.49. The van der Waals surface area contributed by atoms with Gasteiger partial charge < -0.3 is 5.32 Å². The lowest BCUT2D eigenvalue weighted by Gasteiger charge is -1.98. The van der Waals surface area contributed by atoms with Gasteiger partial charge in [0.05, 0.1) is 0 Å². The third kappa shape index (κ3) is 4.28. The van der Waals surface area contributed by atoms with Crippen LogP contribution in [0.2, 0.25) is 0 Å². The first-order chi connectivity index (χ1) is 6.33. The second-order valence-corrected chi connectivity index (χ2v) is 3.82. The van der Waals surface area contributed by atoms with E-state index in [1.807, 2.05) is 6.92 Å². The van der Waals surface area contributed by atoms with E-state index in [0.717, 1.165) is 36.2 Å². The molecule has 1 aromatic rings. The fourth-order valence-corrected chi connectivity index (χ4v) is 1.71. The van der Waals surface area contributed by atoms with Crippen LogP contribution < -0.4 is 5.32 Å². The van der Waals surface area contributed by atoms with Gasteiger partial charge in [-0.1, -0.05) is 18.7 Å². The Labute approximate surface area is 82.9 Å². The number of nitrogens with zero attached hydrogens (tertiary/aromatic N) is 2. The summed E-state index contributed by atoms with van der Waals surface area (Å²) in [6.45, 7) is 6.15. The number of hydrogen-bond donors (Lipinski definition) is 2. The van der Waals surface area contributed by atoms with E-state index in [2.05, 4.69) is 27.4 Å². The molecule has 0 saturated carbocycles. The highest BCUT2D eigenvalue weighted by Crippen LogP contribution is 2.12. The van der Waals surface area contributed by atoms with Crippen molar-refractivity contribution in [3.63, 3.8) is 0 Å². The lowest BCUT2D eigenvalue weighted by atomic mass is 10.5. The molecule has 0 spiro atoms. The van der Waals surface area contributed by atoms with Gasteiger partial charge in [0, 0.05) is 5.75 Å². The van der Waals surface area contributed by atoms with Crippen LogP contribution in [0.25, 0.3) is 0 Å². The second kappa shape index (κ2) is 5.99. The number of aromatic nitrogens is 3. The Kier molecular flexibility index (Phi) is 4.85. The Balaban J connectivity index is 2.06. The lowest BCUT2D eigenvalue weighted by Crippen LogP contribution is -2.14. The summed E-state index contributed by atoms with van der Waals surface area (Å²) in [5, 5.41) is 11.0. The van der Waals surface area contributed by atoms with Gasteiger partial charge in [0.2, 0.25) is 5.16 Å². The smallest absolute Gasteiger partial charge is 0.208 e. The zero-order chi connectivity index (χ0) is 9.52. The Hall–Kier alpha value is -0.550. The lowest BCUT2D eigenvalue weighted by molar-refractivity contribution is 0.707. The number of H-pyrrole nitrogens is 1. The number of aromatic amines is 1. The zero-order valence-corrected chi connectivity index (χ0v) is 8.95. The van der Waals surface area contributed by atoms with Crippen LogP contribution in [-0.2, 0) is 0 Å². The van der Waals surface area contributed by atoms with Crippen molar-refractivity contribution in [3.8, 4) is 0 Å². The minimum atomic E-state index is 0.856. The molecule has 0 atom stereocenters. The van der Waals surface area contributed by atoms with Crippen molar-refractivity contribution >= 4 is 11.8 Å². The Morgan fingerprint density at radius 2 is 2.38 bits per heavy atom. The van der Waals surface area contributed by atoms with E-state index in [1.54, 1.807) is 11.8 Å². The first-order valence-corrected chi connectivity index (χ1v) is 5.54. The maximum Gasteiger partial charge on any atom is 0.208 e. The van der Waals surface area contributed by atoms with Crippen molar-refractivity contribution in [2.45, 2.75) is 25.4 Å². The SMILES string of the molecule is CCNCCCSc1n[nH]c(C)n1. The predicted molar refractivity (Wildman–Crippen MR) is 55.0 cm³/mol. The van der Waals surface area contributed by atoms with Gasteiger partial charge in [-0.3, -0.25) is 5.10 Å². The molecule has 0 saturated heterocycles. The second-order valence-electron chi connectivity index (χ2n) is 2.76. The highest BCUT2D eigenvalue weighted by molar-refractivity contribution is 7.99. The van der Waals surface area contributed by atoms with E-state index < -0.39 is 0 Å². The average Bonchev–Trinajstić information content (AvgIpc) is 2.51. The molecule has 0 aliphatic rings. The van der Waals surface area contributed by atoms with Gasteiger partial charge in [-0.05, 0) is 26.4 Å². The maximum absolute atomic E-state index is 4.20. The van der Waals surface area contributed by atoms with E-state index in [9.17, 15) is 0 Å². The third-order valence-electron chi connectivity index (χ3n) is 1.56. The van der Waals surface area contributed by atoms with Crippen LogP contribution in [0.1, 0.15) is 19.2 Å². The van der Waals surface area contributed by atoms with Crippen LogP contribution in [0.3, 0.4) is 0 Å². The van der Waals surface area contributed by atoms with Crippen molar-refractivity contribution < 1.29 is 0 Å². The molecule has 0 aliphatic heterocycles. The summed E-state index contributed by atoms with van der Waals surface area (Å²) in [5.74, 6) is 1.96. The first kappa shape index (κ1) is 10.5. The summed E-state index contributed by atoms with van der Waals surface area (Å²) >= 11 is 1.70. The molecule has 5 heteroatoms. The molecular weight excluding hydrogens is 184 g/mol. The summed E-state index contributed by atoms with van der Waals surface area (Å²) < 4.78 is 0. The molecule has 74 valence electrons. The van der Waals surface area contributed by atoms with Crippen molar-refractivity contribution in [1.82, 2.24) is 20.5 Å². The molecule has 13 heavy (non-hydrogen) atoms. The van der Waals surface area contributed by atoms with Gasteiger partial charge in [0.25, 0.3) is 0 Å². The highest BCUT2D eigenvalue weighted by Gasteiger charge is 1.98. The van der Waals surface area contributed by atoms with Crippen molar-refractivity contribution in [2.24, 2.45) is 0 Å². The van der Waals surface area contributed by atoms with Gasteiger partial charge in [-0.15, -0.1) is 5.10 Å². The Morgan fingerprint density at radius 3 is 3.00 bits per heavy atom. The summed E-state index contributed by atoms with van der Waals surface area (Å²) in [5.41, 5.74) is 0. The molecule has 0 amide bonds. The number of thioether (sulfide) groups is 1. The molecule has 0 fully saturated rings. The van der Waals surface area contributed by atoms with Crippen LogP contribution in [0.15, 0.2) is 5.16 Å². The molecule has 0 aromatic carbocycles. The molecule has 1 heterocycles. The fourth-order valence-electron chi connectivity index (χ4n) is 0.924. The molecule has 0 radical (unpaired) electrons. The van der Waals surface area contributed by atoms with Crippen LogP contribution in [-0.4, -0.2) is 34.0 Å². The van der Waals surface area contributed by atoms with E-state index in [4.69, 9.17) is 0 Å².